The standard InChI is InChI=1S/C19H15Br2NO2/c20-16-11-8-12(17(16)21)15-14(11)18(23)22(19(15)24)13-7-3-5-9-4-1-2-6-10(9)13/h1-7,11-12,14-17H,8H2/t11-,12+,14+,15-,16+,17-. The molecule has 0 spiro atoms. The molecule has 6 atom stereocenters. The molecule has 122 valence electrons. The molecule has 1 saturated heterocycles. The van der Waals surface area contributed by atoms with E-state index in [1.54, 1.807) is 0 Å². The largest absolute Gasteiger partial charge is 0.274 e. The fraction of sp³-hybridized carbons (Fsp3) is 0.368. The van der Waals surface area contributed by atoms with Gasteiger partial charge in [-0.1, -0.05) is 68.3 Å². The lowest BCUT2D eigenvalue weighted by Crippen LogP contribution is -2.37. The fourth-order valence-corrected chi connectivity index (χ4v) is 6.86. The quantitative estimate of drug-likeness (QED) is 0.486. The number of carbonyl (C=O) groups is 2. The molecule has 2 bridgehead atoms. The number of halogens is 2. The molecule has 2 aromatic carbocycles. The zero-order chi connectivity index (χ0) is 16.6. The Morgan fingerprint density at radius 1 is 0.833 bits per heavy atom. The van der Waals surface area contributed by atoms with Crippen molar-refractivity contribution >= 4 is 60.1 Å². The smallest absolute Gasteiger partial charge is 0.238 e. The lowest BCUT2D eigenvalue weighted by atomic mass is 9.81. The normalized spacial score (nSPS) is 37.5. The van der Waals surface area contributed by atoms with Crippen LogP contribution in [0.5, 0.6) is 0 Å². The van der Waals surface area contributed by atoms with Crippen LogP contribution in [0, 0.1) is 23.7 Å². The molecule has 0 unspecified atom stereocenters. The lowest BCUT2D eigenvalue weighted by molar-refractivity contribution is -0.123. The molecule has 24 heavy (non-hydrogen) atoms. The maximum atomic E-state index is 13.2. The lowest BCUT2D eigenvalue weighted by Gasteiger charge is -2.28. The second-order valence-corrected chi connectivity index (χ2v) is 9.13. The number of nitrogens with zero attached hydrogens (tertiary/aromatic N) is 1. The van der Waals surface area contributed by atoms with Crippen LogP contribution in [0.25, 0.3) is 10.8 Å². The summed E-state index contributed by atoms with van der Waals surface area (Å²) >= 11 is 7.46. The molecule has 3 nitrogen and oxygen atoms in total. The van der Waals surface area contributed by atoms with Crippen molar-refractivity contribution in [3.05, 3.63) is 42.5 Å². The number of benzene rings is 2. The van der Waals surface area contributed by atoms with E-state index in [-0.39, 0.29) is 45.1 Å². The molecule has 1 heterocycles. The summed E-state index contributed by atoms with van der Waals surface area (Å²) in [5, 5.41) is 2.01. The van der Waals surface area contributed by atoms with Crippen LogP contribution in [0.15, 0.2) is 42.5 Å². The maximum absolute atomic E-state index is 13.2. The molecule has 1 aliphatic heterocycles. The highest BCUT2D eigenvalue weighted by molar-refractivity contribution is 9.12. The average Bonchev–Trinajstić information content (AvgIpc) is 3.20. The summed E-state index contributed by atoms with van der Waals surface area (Å²) < 4.78 is 0. The zero-order valence-corrected chi connectivity index (χ0v) is 15.9. The number of amides is 2. The minimum Gasteiger partial charge on any atom is -0.274 e. The van der Waals surface area contributed by atoms with E-state index >= 15 is 0 Å². The van der Waals surface area contributed by atoms with Crippen molar-refractivity contribution in [3.8, 4) is 0 Å². The summed E-state index contributed by atoms with van der Waals surface area (Å²) in [4.78, 5) is 28.3. The van der Waals surface area contributed by atoms with Crippen LogP contribution in [-0.2, 0) is 9.59 Å². The Bertz CT molecular complexity index is 845. The van der Waals surface area contributed by atoms with Gasteiger partial charge in [-0.15, -0.1) is 0 Å². The number of hydrogen-bond acceptors (Lipinski definition) is 2. The van der Waals surface area contributed by atoms with E-state index < -0.39 is 0 Å². The number of hydrogen-bond donors (Lipinski definition) is 0. The topological polar surface area (TPSA) is 37.4 Å². The van der Waals surface area contributed by atoms with E-state index in [4.69, 9.17) is 0 Å². The van der Waals surface area contributed by atoms with Gasteiger partial charge in [0.05, 0.1) is 17.5 Å². The molecule has 5 heteroatoms. The van der Waals surface area contributed by atoms with E-state index in [9.17, 15) is 9.59 Å². The van der Waals surface area contributed by atoms with Crippen molar-refractivity contribution < 1.29 is 9.59 Å². The van der Waals surface area contributed by atoms with Crippen LogP contribution in [0.2, 0.25) is 0 Å². The van der Waals surface area contributed by atoms with Crippen LogP contribution in [0.4, 0.5) is 5.69 Å². The summed E-state index contributed by atoms with van der Waals surface area (Å²) in [5.74, 6) is 0.135. The number of anilines is 1. The first-order valence-electron chi connectivity index (χ1n) is 8.23. The summed E-state index contributed by atoms with van der Waals surface area (Å²) in [7, 11) is 0. The number of fused-ring (bicyclic) bond motifs is 6. The number of imide groups is 1. The van der Waals surface area contributed by atoms with Crippen LogP contribution < -0.4 is 4.90 Å². The zero-order valence-electron chi connectivity index (χ0n) is 12.7. The van der Waals surface area contributed by atoms with Crippen molar-refractivity contribution in [1.82, 2.24) is 0 Å². The third kappa shape index (κ3) is 1.77. The molecule has 2 saturated carbocycles. The first-order chi connectivity index (χ1) is 11.6. The number of carbonyl (C=O) groups excluding carboxylic acids is 2. The molecule has 2 aromatic rings. The van der Waals surface area contributed by atoms with Crippen LogP contribution in [0.1, 0.15) is 6.42 Å². The molecule has 5 rings (SSSR count). The first kappa shape index (κ1) is 15.1. The number of alkyl halides is 2. The van der Waals surface area contributed by atoms with Crippen LogP contribution in [0.3, 0.4) is 0 Å². The van der Waals surface area contributed by atoms with Gasteiger partial charge in [0, 0.05) is 15.0 Å². The van der Waals surface area contributed by atoms with Crippen molar-refractivity contribution in [3.63, 3.8) is 0 Å². The van der Waals surface area contributed by atoms with Gasteiger partial charge in [-0.3, -0.25) is 9.59 Å². The molecule has 3 fully saturated rings. The Balaban J connectivity index is 1.64. The predicted molar refractivity (Wildman–Crippen MR) is 100 cm³/mol. The van der Waals surface area contributed by atoms with Gasteiger partial charge in [-0.25, -0.2) is 4.90 Å². The molecule has 0 N–H and O–H groups in total. The van der Waals surface area contributed by atoms with Gasteiger partial charge < -0.3 is 0 Å². The Labute approximate surface area is 156 Å². The van der Waals surface area contributed by atoms with E-state index in [1.807, 2.05) is 42.5 Å². The van der Waals surface area contributed by atoms with Crippen LogP contribution in [-0.4, -0.2) is 21.5 Å². The second-order valence-electron chi connectivity index (χ2n) is 7.01. The first-order valence-corrected chi connectivity index (χ1v) is 10.1. The predicted octanol–water partition coefficient (Wildman–Crippen LogP) is 4.12. The highest BCUT2D eigenvalue weighted by Gasteiger charge is 2.66. The van der Waals surface area contributed by atoms with E-state index in [0.29, 0.717) is 0 Å². The van der Waals surface area contributed by atoms with Gasteiger partial charge in [0.1, 0.15) is 0 Å². The summed E-state index contributed by atoms with van der Waals surface area (Å²) in [5.41, 5.74) is 0.731. The summed E-state index contributed by atoms with van der Waals surface area (Å²) in [6.45, 7) is 0. The Kier molecular flexibility index (Phi) is 3.24. The molecule has 2 aliphatic carbocycles. The van der Waals surface area contributed by atoms with Gasteiger partial charge >= 0.3 is 0 Å². The third-order valence-electron chi connectivity index (χ3n) is 5.99. The van der Waals surface area contributed by atoms with Gasteiger partial charge in [-0.2, -0.15) is 0 Å². The Morgan fingerprint density at radius 2 is 1.42 bits per heavy atom. The van der Waals surface area contributed by atoms with E-state index in [0.717, 1.165) is 22.9 Å². The summed E-state index contributed by atoms with van der Waals surface area (Å²) in [6, 6.07) is 13.7. The Hall–Kier alpha value is -1.20. The highest BCUT2D eigenvalue weighted by atomic mass is 79.9. The van der Waals surface area contributed by atoms with E-state index in [2.05, 4.69) is 31.9 Å². The molecule has 0 aromatic heterocycles. The maximum Gasteiger partial charge on any atom is 0.238 e. The van der Waals surface area contributed by atoms with Crippen LogP contribution >= 0.6 is 31.9 Å². The second kappa shape index (κ2) is 5.15. The summed E-state index contributed by atoms with van der Waals surface area (Å²) in [6.07, 6.45) is 0.960. The highest BCUT2D eigenvalue weighted by Crippen LogP contribution is 2.60. The molecular formula is C19H15Br2NO2. The Morgan fingerprint density at radius 3 is 2.08 bits per heavy atom. The minimum atomic E-state index is -0.167. The third-order valence-corrected chi connectivity index (χ3v) is 9.20. The SMILES string of the molecule is O=C1[C@@H]2[C@@H]3C[C@@H]([C@H](Br)[C@@H]3Br)[C@@H]2C(=O)N1c1cccc2ccccc12. The van der Waals surface area contributed by atoms with E-state index in [1.165, 1.54) is 4.90 Å². The molecule has 0 radical (unpaired) electrons. The number of rotatable bonds is 1. The minimum absolute atomic E-state index is 0.0160. The average molecular weight is 449 g/mol. The van der Waals surface area contributed by atoms with Gasteiger partial charge in [0.15, 0.2) is 0 Å². The van der Waals surface area contributed by atoms with Gasteiger partial charge in [0.25, 0.3) is 0 Å². The van der Waals surface area contributed by atoms with Crippen molar-refractivity contribution in [2.45, 2.75) is 16.1 Å². The molecule has 2 amide bonds. The van der Waals surface area contributed by atoms with Crippen molar-refractivity contribution in [2.24, 2.45) is 23.7 Å². The fourth-order valence-electron chi connectivity index (χ4n) is 4.99. The monoisotopic (exact) mass is 447 g/mol. The van der Waals surface area contributed by atoms with Crippen molar-refractivity contribution in [1.29, 1.82) is 0 Å². The van der Waals surface area contributed by atoms with Gasteiger partial charge in [-0.05, 0) is 29.7 Å². The molecular weight excluding hydrogens is 434 g/mol. The van der Waals surface area contributed by atoms with Crippen molar-refractivity contribution in [2.75, 3.05) is 4.90 Å². The van der Waals surface area contributed by atoms with Gasteiger partial charge in [0.2, 0.25) is 11.8 Å². The molecule has 3 aliphatic rings.